The summed E-state index contributed by atoms with van der Waals surface area (Å²) in [6.45, 7) is 5.14. The molecule has 0 unspecified atom stereocenters. The van der Waals surface area contributed by atoms with Crippen molar-refractivity contribution in [3.8, 4) is 0 Å². The Kier molecular flexibility index (Phi) is 6.69. The molecule has 1 aromatic heterocycles. The number of carbonyl (C=O) groups excluding carboxylic acids is 1. The zero-order valence-corrected chi connectivity index (χ0v) is 15.6. The zero-order chi connectivity index (χ0) is 17.5. The van der Waals surface area contributed by atoms with E-state index in [1.54, 1.807) is 20.1 Å². The third-order valence-corrected chi connectivity index (χ3v) is 3.93. The SMILES string of the molecule is COCCCNc1cc(C(=O)Nc2ccc(C)cc2Br)nc(C)n1. The van der Waals surface area contributed by atoms with Gasteiger partial charge in [0.2, 0.25) is 0 Å². The number of ether oxygens (including phenoxy) is 1. The van der Waals surface area contributed by atoms with Gasteiger partial charge >= 0.3 is 0 Å². The molecule has 0 aliphatic carbocycles. The van der Waals surface area contributed by atoms with E-state index in [9.17, 15) is 4.79 Å². The number of hydrogen-bond acceptors (Lipinski definition) is 5. The summed E-state index contributed by atoms with van der Waals surface area (Å²) in [6, 6.07) is 7.39. The van der Waals surface area contributed by atoms with Crippen molar-refractivity contribution in [3.05, 3.63) is 45.8 Å². The van der Waals surface area contributed by atoms with Crippen molar-refractivity contribution in [1.82, 2.24) is 9.97 Å². The normalized spacial score (nSPS) is 10.5. The predicted molar refractivity (Wildman–Crippen MR) is 98.6 cm³/mol. The lowest BCUT2D eigenvalue weighted by molar-refractivity contribution is 0.102. The Morgan fingerprint density at radius 2 is 2.04 bits per heavy atom. The average molecular weight is 393 g/mol. The number of methoxy groups -OCH3 is 1. The number of aromatic nitrogens is 2. The van der Waals surface area contributed by atoms with Gasteiger partial charge in [-0.3, -0.25) is 4.79 Å². The summed E-state index contributed by atoms with van der Waals surface area (Å²) in [5.74, 6) is 0.900. The Hall–Kier alpha value is -1.99. The van der Waals surface area contributed by atoms with Crippen molar-refractivity contribution in [2.75, 3.05) is 30.9 Å². The van der Waals surface area contributed by atoms with Crippen molar-refractivity contribution in [2.45, 2.75) is 20.3 Å². The Morgan fingerprint density at radius 3 is 2.75 bits per heavy atom. The highest BCUT2D eigenvalue weighted by Crippen LogP contribution is 2.24. The predicted octanol–water partition coefficient (Wildman–Crippen LogP) is 3.56. The highest BCUT2D eigenvalue weighted by atomic mass is 79.9. The molecule has 2 rings (SSSR count). The Balaban J connectivity index is 2.09. The van der Waals surface area contributed by atoms with Crippen LogP contribution in [0.4, 0.5) is 11.5 Å². The average Bonchev–Trinajstić information content (AvgIpc) is 2.53. The summed E-state index contributed by atoms with van der Waals surface area (Å²) in [5, 5.41) is 6.04. The number of anilines is 2. The highest BCUT2D eigenvalue weighted by Gasteiger charge is 2.12. The first-order chi connectivity index (χ1) is 11.5. The lowest BCUT2D eigenvalue weighted by Crippen LogP contribution is -2.16. The summed E-state index contributed by atoms with van der Waals surface area (Å²) in [6.07, 6.45) is 0.859. The Bertz CT molecular complexity index is 722. The molecule has 0 fully saturated rings. The van der Waals surface area contributed by atoms with Crippen LogP contribution in [0.5, 0.6) is 0 Å². The van der Waals surface area contributed by atoms with E-state index in [4.69, 9.17) is 4.74 Å². The fourth-order valence-electron chi connectivity index (χ4n) is 2.12. The van der Waals surface area contributed by atoms with Crippen LogP contribution in [0, 0.1) is 13.8 Å². The number of rotatable bonds is 7. The molecule has 0 spiro atoms. The molecule has 6 nitrogen and oxygen atoms in total. The molecule has 0 radical (unpaired) electrons. The van der Waals surface area contributed by atoms with Crippen LogP contribution < -0.4 is 10.6 Å². The van der Waals surface area contributed by atoms with Gasteiger partial charge in [0.25, 0.3) is 5.91 Å². The second-order valence-electron chi connectivity index (χ2n) is 5.40. The molecule has 1 amide bonds. The molecule has 0 saturated heterocycles. The van der Waals surface area contributed by atoms with Gasteiger partial charge < -0.3 is 15.4 Å². The third kappa shape index (κ3) is 5.28. The molecular formula is C17H21BrN4O2. The van der Waals surface area contributed by atoms with E-state index in [1.807, 2.05) is 25.1 Å². The zero-order valence-electron chi connectivity index (χ0n) is 14.0. The summed E-state index contributed by atoms with van der Waals surface area (Å²) in [7, 11) is 1.67. The molecule has 1 heterocycles. The van der Waals surface area contributed by atoms with Gasteiger partial charge in [-0.05, 0) is 53.9 Å². The molecule has 2 N–H and O–H groups in total. The van der Waals surface area contributed by atoms with Gasteiger partial charge in [0, 0.05) is 30.8 Å². The molecule has 1 aromatic carbocycles. The number of amides is 1. The first-order valence-corrected chi connectivity index (χ1v) is 8.45. The summed E-state index contributed by atoms with van der Waals surface area (Å²) < 4.78 is 5.84. The highest BCUT2D eigenvalue weighted by molar-refractivity contribution is 9.10. The van der Waals surface area contributed by atoms with E-state index in [0.29, 0.717) is 29.6 Å². The largest absolute Gasteiger partial charge is 0.385 e. The topological polar surface area (TPSA) is 76.1 Å². The van der Waals surface area contributed by atoms with Gasteiger partial charge in [0.05, 0.1) is 5.69 Å². The minimum absolute atomic E-state index is 0.273. The van der Waals surface area contributed by atoms with E-state index in [0.717, 1.165) is 23.0 Å². The number of hydrogen-bond donors (Lipinski definition) is 2. The smallest absolute Gasteiger partial charge is 0.274 e. The van der Waals surface area contributed by atoms with Gasteiger partial charge in [-0.25, -0.2) is 9.97 Å². The minimum atomic E-state index is -0.273. The second kappa shape index (κ2) is 8.75. The quantitative estimate of drug-likeness (QED) is 0.704. The molecule has 128 valence electrons. The number of nitrogens with one attached hydrogen (secondary N) is 2. The number of carbonyl (C=O) groups is 1. The lowest BCUT2D eigenvalue weighted by Gasteiger charge is -2.10. The maximum atomic E-state index is 12.5. The van der Waals surface area contributed by atoms with Crippen molar-refractivity contribution < 1.29 is 9.53 Å². The molecule has 0 saturated carbocycles. The van der Waals surface area contributed by atoms with Gasteiger partial charge in [0.15, 0.2) is 0 Å². The molecule has 0 atom stereocenters. The Morgan fingerprint density at radius 1 is 1.25 bits per heavy atom. The number of aryl methyl sites for hydroxylation is 2. The molecule has 24 heavy (non-hydrogen) atoms. The third-order valence-electron chi connectivity index (χ3n) is 3.27. The monoisotopic (exact) mass is 392 g/mol. The Labute approximate surface area is 150 Å². The van der Waals surface area contributed by atoms with E-state index >= 15 is 0 Å². The first-order valence-electron chi connectivity index (χ1n) is 7.65. The fraction of sp³-hybridized carbons (Fsp3) is 0.353. The van der Waals surface area contributed by atoms with Crippen LogP contribution in [0.1, 0.15) is 28.3 Å². The summed E-state index contributed by atoms with van der Waals surface area (Å²) >= 11 is 3.45. The summed E-state index contributed by atoms with van der Waals surface area (Å²) in [5.41, 5.74) is 2.14. The van der Waals surface area contributed by atoms with Crippen LogP contribution in [0.2, 0.25) is 0 Å². The van der Waals surface area contributed by atoms with Crippen LogP contribution in [0.3, 0.4) is 0 Å². The fourth-order valence-corrected chi connectivity index (χ4v) is 2.71. The molecule has 0 bridgehead atoms. The van der Waals surface area contributed by atoms with Crippen molar-refractivity contribution in [3.63, 3.8) is 0 Å². The molecular weight excluding hydrogens is 372 g/mol. The van der Waals surface area contributed by atoms with Crippen LogP contribution in [0.25, 0.3) is 0 Å². The van der Waals surface area contributed by atoms with Crippen LogP contribution >= 0.6 is 15.9 Å². The van der Waals surface area contributed by atoms with Crippen molar-refractivity contribution in [1.29, 1.82) is 0 Å². The molecule has 0 aliphatic rings. The van der Waals surface area contributed by atoms with Gasteiger partial charge in [-0.2, -0.15) is 0 Å². The number of benzene rings is 1. The van der Waals surface area contributed by atoms with E-state index in [2.05, 4.69) is 36.5 Å². The molecule has 7 heteroatoms. The second-order valence-corrected chi connectivity index (χ2v) is 6.25. The van der Waals surface area contributed by atoms with Crippen molar-refractivity contribution >= 4 is 33.3 Å². The minimum Gasteiger partial charge on any atom is -0.385 e. The van der Waals surface area contributed by atoms with Crippen LogP contribution in [-0.4, -0.2) is 36.1 Å². The summed E-state index contributed by atoms with van der Waals surface area (Å²) in [4.78, 5) is 21.0. The van der Waals surface area contributed by atoms with E-state index < -0.39 is 0 Å². The maximum Gasteiger partial charge on any atom is 0.274 e. The first kappa shape index (κ1) is 18.4. The number of nitrogens with zero attached hydrogens (tertiary/aromatic N) is 2. The van der Waals surface area contributed by atoms with Crippen molar-refractivity contribution in [2.24, 2.45) is 0 Å². The molecule has 0 aliphatic heterocycles. The van der Waals surface area contributed by atoms with Crippen LogP contribution in [0.15, 0.2) is 28.7 Å². The van der Waals surface area contributed by atoms with Gasteiger partial charge in [0.1, 0.15) is 17.3 Å². The standard InChI is InChI=1S/C17H21BrN4O2/c1-11-5-6-14(13(18)9-11)22-17(23)15-10-16(21-12(2)20-15)19-7-4-8-24-3/h5-6,9-10H,4,7-8H2,1-3H3,(H,22,23)(H,19,20,21). The van der Waals surface area contributed by atoms with Gasteiger partial charge in [-0.1, -0.05) is 6.07 Å². The van der Waals surface area contributed by atoms with E-state index in [-0.39, 0.29) is 5.91 Å². The van der Waals surface area contributed by atoms with Crippen LogP contribution in [-0.2, 0) is 4.74 Å². The number of halogens is 1. The maximum absolute atomic E-state index is 12.5. The molecule has 2 aromatic rings. The van der Waals surface area contributed by atoms with Gasteiger partial charge in [-0.15, -0.1) is 0 Å². The van der Waals surface area contributed by atoms with E-state index in [1.165, 1.54) is 0 Å². The lowest BCUT2D eigenvalue weighted by atomic mass is 10.2.